The maximum atomic E-state index is 6.19. The van der Waals surface area contributed by atoms with Crippen molar-refractivity contribution in [2.24, 2.45) is 5.41 Å². The molecule has 0 saturated carbocycles. The van der Waals surface area contributed by atoms with Gasteiger partial charge >= 0.3 is 0 Å². The highest BCUT2D eigenvalue weighted by molar-refractivity contribution is 6.37. The van der Waals surface area contributed by atoms with E-state index in [2.05, 4.69) is 50.2 Å². The van der Waals surface area contributed by atoms with Crippen LogP contribution in [0.2, 0.25) is 10.0 Å². The van der Waals surface area contributed by atoms with Crippen LogP contribution in [0.1, 0.15) is 41.0 Å². The summed E-state index contributed by atoms with van der Waals surface area (Å²) >= 11 is 12.3. The van der Waals surface area contributed by atoms with Gasteiger partial charge in [-0.2, -0.15) is 0 Å². The Morgan fingerprint density at radius 2 is 1.79 bits per heavy atom. The molecular weight excluding hydrogens is 281 g/mol. The minimum absolute atomic E-state index is 0.127. The summed E-state index contributed by atoms with van der Waals surface area (Å²) in [4.78, 5) is 4.48. The van der Waals surface area contributed by atoms with Gasteiger partial charge in [-0.15, -0.1) is 0 Å². The van der Waals surface area contributed by atoms with Crippen molar-refractivity contribution in [1.82, 2.24) is 4.98 Å². The minimum atomic E-state index is 0.127. The highest BCUT2D eigenvalue weighted by Crippen LogP contribution is 2.31. The standard InChI is InChI=1S/C14H23Cl2N3/c1-6-7-17-12-10(15)8-11(16)13(19-12)18-9(2)14(3,4)5/h8-9H,6-7H2,1-5H3,(H2,17,18,19). The van der Waals surface area contributed by atoms with Crippen LogP contribution in [0.15, 0.2) is 6.07 Å². The Morgan fingerprint density at radius 1 is 1.21 bits per heavy atom. The molecule has 0 spiro atoms. The van der Waals surface area contributed by atoms with Crippen molar-refractivity contribution in [3.8, 4) is 0 Å². The lowest BCUT2D eigenvalue weighted by molar-refractivity contribution is 0.359. The van der Waals surface area contributed by atoms with Crippen molar-refractivity contribution in [2.75, 3.05) is 17.2 Å². The zero-order valence-corrected chi connectivity index (χ0v) is 13.8. The van der Waals surface area contributed by atoms with E-state index in [-0.39, 0.29) is 11.5 Å². The molecule has 3 nitrogen and oxygen atoms in total. The first kappa shape index (κ1) is 16.4. The summed E-state index contributed by atoms with van der Waals surface area (Å²) in [6.07, 6.45) is 1.02. The van der Waals surface area contributed by atoms with Gasteiger partial charge in [-0.25, -0.2) is 4.98 Å². The number of anilines is 2. The quantitative estimate of drug-likeness (QED) is 0.798. The predicted molar refractivity (Wildman–Crippen MR) is 85.6 cm³/mol. The van der Waals surface area contributed by atoms with Crippen LogP contribution in [0, 0.1) is 5.41 Å². The van der Waals surface area contributed by atoms with Crippen LogP contribution < -0.4 is 10.6 Å². The van der Waals surface area contributed by atoms with Gasteiger partial charge in [0.1, 0.15) is 11.6 Å². The summed E-state index contributed by atoms with van der Waals surface area (Å²) in [5, 5.41) is 7.65. The van der Waals surface area contributed by atoms with Gasteiger partial charge in [-0.05, 0) is 24.8 Å². The second kappa shape index (κ2) is 6.67. The number of rotatable bonds is 5. The van der Waals surface area contributed by atoms with Gasteiger partial charge in [-0.1, -0.05) is 50.9 Å². The predicted octanol–water partition coefficient (Wildman–Crippen LogP) is 5.06. The van der Waals surface area contributed by atoms with Crippen LogP contribution in [-0.4, -0.2) is 17.6 Å². The number of nitrogens with zero attached hydrogens (tertiary/aromatic N) is 1. The molecule has 0 aliphatic carbocycles. The van der Waals surface area contributed by atoms with Crippen molar-refractivity contribution in [3.63, 3.8) is 0 Å². The van der Waals surface area contributed by atoms with E-state index in [0.717, 1.165) is 13.0 Å². The normalized spacial score (nSPS) is 13.2. The highest BCUT2D eigenvalue weighted by atomic mass is 35.5. The largest absolute Gasteiger partial charge is 0.369 e. The van der Waals surface area contributed by atoms with Crippen LogP contribution in [0.5, 0.6) is 0 Å². The fourth-order valence-corrected chi connectivity index (χ4v) is 1.84. The Kier molecular flexibility index (Phi) is 5.75. The van der Waals surface area contributed by atoms with Gasteiger partial charge in [0.15, 0.2) is 0 Å². The van der Waals surface area contributed by atoms with Crippen molar-refractivity contribution >= 4 is 34.8 Å². The van der Waals surface area contributed by atoms with E-state index in [1.165, 1.54) is 0 Å². The van der Waals surface area contributed by atoms with Crippen LogP contribution in [0.25, 0.3) is 0 Å². The Hall–Kier alpha value is -0.670. The molecule has 1 rings (SSSR count). The molecule has 108 valence electrons. The van der Waals surface area contributed by atoms with Crippen LogP contribution in [-0.2, 0) is 0 Å². The summed E-state index contributed by atoms with van der Waals surface area (Å²) in [7, 11) is 0. The fourth-order valence-electron chi connectivity index (χ4n) is 1.36. The van der Waals surface area contributed by atoms with Gasteiger partial charge in [-0.3, -0.25) is 0 Å². The molecule has 1 aromatic heterocycles. The third-order valence-corrected chi connectivity index (χ3v) is 3.70. The molecule has 0 saturated heterocycles. The molecule has 0 aliphatic heterocycles. The van der Waals surface area contributed by atoms with E-state index in [4.69, 9.17) is 23.2 Å². The molecule has 1 unspecified atom stereocenters. The van der Waals surface area contributed by atoms with Gasteiger partial charge in [0.25, 0.3) is 0 Å². The van der Waals surface area contributed by atoms with Crippen LogP contribution in [0.3, 0.4) is 0 Å². The third-order valence-electron chi connectivity index (χ3n) is 3.12. The minimum Gasteiger partial charge on any atom is -0.369 e. The number of halogens is 2. The number of nitrogens with one attached hydrogen (secondary N) is 2. The van der Waals surface area contributed by atoms with Gasteiger partial charge < -0.3 is 10.6 Å². The zero-order chi connectivity index (χ0) is 14.6. The van der Waals surface area contributed by atoms with Gasteiger partial charge in [0.2, 0.25) is 0 Å². The molecule has 2 N–H and O–H groups in total. The smallest absolute Gasteiger partial charge is 0.147 e. The number of pyridine rings is 1. The van der Waals surface area contributed by atoms with Crippen LogP contribution in [0.4, 0.5) is 11.6 Å². The lowest BCUT2D eigenvalue weighted by atomic mass is 9.88. The number of hydrogen-bond donors (Lipinski definition) is 2. The summed E-state index contributed by atoms with van der Waals surface area (Å²) in [5.74, 6) is 1.35. The maximum absolute atomic E-state index is 6.19. The first-order valence-corrected chi connectivity index (χ1v) is 7.37. The number of aromatic nitrogens is 1. The monoisotopic (exact) mass is 303 g/mol. The third kappa shape index (κ3) is 4.73. The van der Waals surface area contributed by atoms with Crippen molar-refractivity contribution in [3.05, 3.63) is 16.1 Å². The van der Waals surface area contributed by atoms with E-state index >= 15 is 0 Å². The summed E-state index contributed by atoms with van der Waals surface area (Å²) in [5.41, 5.74) is 0.127. The number of hydrogen-bond acceptors (Lipinski definition) is 3. The Morgan fingerprint density at radius 3 is 2.32 bits per heavy atom. The Balaban J connectivity index is 2.94. The van der Waals surface area contributed by atoms with Gasteiger partial charge in [0.05, 0.1) is 10.0 Å². The van der Waals surface area contributed by atoms with Crippen molar-refractivity contribution in [2.45, 2.75) is 47.1 Å². The molecule has 0 radical (unpaired) electrons. The van der Waals surface area contributed by atoms with E-state index in [1.54, 1.807) is 6.07 Å². The van der Waals surface area contributed by atoms with E-state index < -0.39 is 0 Å². The molecule has 19 heavy (non-hydrogen) atoms. The molecule has 1 heterocycles. The first-order valence-electron chi connectivity index (χ1n) is 6.62. The summed E-state index contributed by atoms with van der Waals surface area (Å²) in [6.45, 7) is 11.6. The Bertz CT molecular complexity index is 427. The molecule has 1 atom stereocenters. The van der Waals surface area contributed by atoms with Crippen LogP contribution >= 0.6 is 23.2 Å². The second-order valence-electron chi connectivity index (χ2n) is 5.81. The molecule has 1 aromatic rings. The first-order chi connectivity index (χ1) is 8.75. The lowest BCUT2D eigenvalue weighted by Gasteiger charge is -2.29. The molecule has 0 aliphatic rings. The highest BCUT2D eigenvalue weighted by Gasteiger charge is 2.21. The van der Waals surface area contributed by atoms with Gasteiger partial charge in [0, 0.05) is 12.6 Å². The van der Waals surface area contributed by atoms with E-state index in [1.807, 2.05) is 0 Å². The average Bonchev–Trinajstić information content (AvgIpc) is 2.29. The topological polar surface area (TPSA) is 37.0 Å². The van der Waals surface area contributed by atoms with Crippen molar-refractivity contribution in [1.29, 1.82) is 0 Å². The lowest BCUT2D eigenvalue weighted by Crippen LogP contribution is -2.31. The molecule has 0 fully saturated rings. The average molecular weight is 304 g/mol. The molecule has 0 amide bonds. The molecule has 0 bridgehead atoms. The summed E-state index contributed by atoms with van der Waals surface area (Å²) in [6, 6.07) is 1.98. The maximum Gasteiger partial charge on any atom is 0.147 e. The molecule has 5 heteroatoms. The second-order valence-corrected chi connectivity index (χ2v) is 6.62. The van der Waals surface area contributed by atoms with E-state index in [9.17, 15) is 0 Å². The molecular formula is C14H23Cl2N3. The van der Waals surface area contributed by atoms with E-state index in [0.29, 0.717) is 21.7 Å². The SMILES string of the molecule is CCCNc1nc(NC(C)C(C)(C)C)c(Cl)cc1Cl. The zero-order valence-electron chi connectivity index (χ0n) is 12.3. The summed E-state index contributed by atoms with van der Waals surface area (Å²) < 4.78 is 0. The van der Waals surface area contributed by atoms with Crippen molar-refractivity contribution < 1.29 is 0 Å². The fraction of sp³-hybridized carbons (Fsp3) is 0.643. The Labute approximate surface area is 126 Å². The molecule has 0 aromatic carbocycles.